The van der Waals surface area contributed by atoms with Crippen LogP contribution in [-0.4, -0.2) is 34.1 Å². The summed E-state index contributed by atoms with van der Waals surface area (Å²) in [6.07, 6.45) is 9.17. The fraction of sp³-hybridized carbons (Fsp3) is 0.0244. The van der Waals surface area contributed by atoms with E-state index in [4.69, 9.17) is 14.8 Å². The van der Waals surface area contributed by atoms with Gasteiger partial charge in [0.15, 0.2) is 5.82 Å². The van der Waals surface area contributed by atoms with E-state index in [0.29, 0.717) is 5.75 Å². The van der Waals surface area contributed by atoms with Crippen LogP contribution in [0.3, 0.4) is 0 Å². The lowest BCUT2D eigenvalue weighted by Crippen LogP contribution is -2.07. The number of rotatable bonds is 7. The Labute approximate surface area is 282 Å². The number of aromatic nitrogens is 7. The minimum atomic E-state index is 0.680. The second-order valence-corrected chi connectivity index (χ2v) is 11.8. The van der Waals surface area contributed by atoms with Gasteiger partial charge in [-0.3, -0.25) is 9.55 Å². The van der Waals surface area contributed by atoms with Crippen LogP contribution >= 0.6 is 0 Å². The molecule has 49 heavy (non-hydrogen) atoms. The molecule has 0 spiro atoms. The SMILES string of the molecule is Cc1ccnc(-n2c3ccccc3c3ccc(Oc4cccc(-n5nc(-c6cccnc6)c(-c6ccccc6)c5-n5cccn5)c4)cc32)c1. The van der Waals surface area contributed by atoms with Gasteiger partial charge < -0.3 is 4.74 Å². The normalized spacial score (nSPS) is 11.4. The van der Waals surface area contributed by atoms with E-state index in [9.17, 15) is 0 Å². The molecule has 0 unspecified atom stereocenters. The lowest BCUT2D eigenvalue weighted by molar-refractivity contribution is 0.483. The Morgan fingerprint density at radius 3 is 2.31 bits per heavy atom. The lowest BCUT2D eigenvalue weighted by Gasteiger charge is -2.12. The zero-order valence-electron chi connectivity index (χ0n) is 26.5. The zero-order chi connectivity index (χ0) is 32.7. The first kappa shape index (κ1) is 28.4. The van der Waals surface area contributed by atoms with Crippen molar-refractivity contribution in [2.75, 3.05) is 0 Å². The van der Waals surface area contributed by atoms with Gasteiger partial charge in [-0.2, -0.15) is 10.2 Å². The van der Waals surface area contributed by atoms with Crippen LogP contribution in [0.1, 0.15) is 5.56 Å². The molecule has 5 aromatic heterocycles. The number of fused-ring (bicyclic) bond motifs is 3. The van der Waals surface area contributed by atoms with Crippen molar-refractivity contribution in [3.8, 4) is 51.2 Å². The Hall–Kier alpha value is -6.80. The molecule has 8 heteroatoms. The van der Waals surface area contributed by atoms with Crippen LogP contribution in [0.25, 0.3) is 61.5 Å². The minimum Gasteiger partial charge on any atom is -0.457 e. The molecule has 9 rings (SSSR count). The number of para-hydroxylation sites is 1. The van der Waals surface area contributed by atoms with Crippen molar-refractivity contribution in [3.63, 3.8) is 0 Å². The third kappa shape index (κ3) is 5.03. The summed E-state index contributed by atoms with van der Waals surface area (Å²) in [6, 6.07) is 42.9. The van der Waals surface area contributed by atoms with Crippen molar-refractivity contribution >= 4 is 21.8 Å². The van der Waals surface area contributed by atoms with Gasteiger partial charge in [-0.1, -0.05) is 54.6 Å². The highest BCUT2D eigenvalue weighted by molar-refractivity contribution is 6.09. The van der Waals surface area contributed by atoms with Gasteiger partial charge >= 0.3 is 0 Å². The third-order valence-corrected chi connectivity index (χ3v) is 8.65. The first-order valence-electron chi connectivity index (χ1n) is 16.0. The summed E-state index contributed by atoms with van der Waals surface area (Å²) >= 11 is 0. The van der Waals surface area contributed by atoms with Gasteiger partial charge in [0.1, 0.15) is 23.0 Å². The number of benzene rings is 4. The van der Waals surface area contributed by atoms with Crippen LogP contribution in [0, 0.1) is 6.92 Å². The van der Waals surface area contributed by atoms with Crippen LogP contribution in [0.4, 0.5) is 0 Å². The molecule has 0 bridgehead atoms. The molecule has 0 saturated heterocycles. The predicted octanol–water partition coefficient (Wildman–Crippen LogP) is 9.38. The maximum Gasteiger partial charge on any atom is 0.165 e. The second kappa shape index (κ2) is 11.8. The summed E-state index contributed by atoms with van der Waals surface area (Å²) in [4.78, 5) is 9.12. The molecule has 0 saturated carbocycles. The summed E-state index contributed by atoms with van der Waals surface area (Å²) in [5, 5.41) is 12.1. The van der Waals surface area contributed by atoms with E-state index in [0.717, 1.165) is 72.8 Å². The van der Waals surface area contributed by atoms with E-state index in [-0.39, 0.29) is 0 Å². The van der Waals surface area contributed by atoms with E-state index in [2.05, 4.69) is 76.2 Å². The zero-order valence-corrected chi connectivity index (χ0v) is 26.5. The summed E-state index contributed by atoms with van der Waals surface area (Å²) in [5.41, 5.74) is 7.79. The molecule has 0 fully saturated rings. The van der Waals surface area contributed by atoms with Crippen LogP contribution < -0.4 is 4.74 Å². The Morgan fingerprint density at radius 1 is 0.633 bits per heavy atom. The number of ether oxygens (including phenoxy) is 1. The Bertz CT molecular complexity index is 2590. The Morgan fingerprint density at radius 2 is 1.47 bits per heavy atom. The monoisotopic (exact) mass is 635 g/mol. The van der Waals surface area contributed by atoms with Gasteiger partial charge in [-0.25, -0.2) is 14.3 Å². The summed E-state index contributed by atoms with van der Waals surface area (Å²) in [7, 11) is 0. The highest BCUT2D eigenvalue weighted by atomic mass is 16.5. The maximum atomic E-state index is 6.59. The minimum absolute atomic E-state index is 0.680. The number of pyridine rings is 2. The number of aryl methyl sites for hydroxylation is 1. The fourth-order valence-corrected chi connectivity index (χ4v) is 6.49. The third-order valence-electron chi connectivity index (χ3n) is 8.65. The van der Waals surface area contributed by atoms with Crippen molar-refractivity contribution in [1.82, 2.24) is 34.1 Å². The molecule has 0 aliphatic carbocycles. The van der Waals surface area contributed by atoms with Gasteiger partial charge in [-0.05, 0) is 78.7 Å². The summed E-state index contributed by atoms with van der Waals surface area (Å²) < 4.78 is 12.6. The highest BCUT2D eigenvalue weighted by Crippen LogP contribution is 2.39. The maximum absolute atomic E-state index is 6.59. The number of hydrogen-bond acceptors (Lipinski definition) is 5. The van der Waals surface area contributed by atoms with E-state index in [1.807, 2.05) is 101 Å². The van der Waals surface area contributed by atoms with Gasteiger partial charge in [0, 0.05) is 59.5 Å². The molecule has 0 aliphatic heterocycles. The van der Waals surface area contributed by atoms with Crippen molar-refractivity contribution in [2.45, 2.75) is 6.92 Å². The smallest absolute Gasteiger partial charge is 0.165 e. The molecule has 9 aromatic rings. The summed E-state index contributed by atoms with van der Waals surface area (Å²) in [5.74, 6) is 3.08. The average molecular weight is 636 g/mol. The molecular formula is C41H29N7O. The fourth-order valence-electron chi connectivity index (χ4n) is 6.49. The standard InChI is InChI=1S/C41H29N7O/c1-28-19-22-43-38(24-28)47-36-16-6-5-15-34(36)35-18-17-33(26-37(35)47)49-32-14-7-13-31(25-32)48-41(46-23-9-21-44-46)39(29-10-3-2-4-11-29)40(45-48)30-12-8-20-42-27-30/h2-27H,1H3. The Balaban J connectivity index is 1.18. The molecule has 5 heterocycles. The molecule has 0 amide bonds. The predicted molar refractivity (Wildman–Crippen MR) is 193 cm³/mol. The van der Waals surface area contributed by atoms with Crippen LogP contribution in [0.2, 0.25) is 0 Å². The quantitative estimate of drug-likeness (QED) is 0.174. The molecule has 0 atom stereocenters. The van der Waals surface area contributed by atoms with Crippen LogP contribution in [0.15, 0.2) is 158 Å². The largest absolute Gasteiger partial charge is 0.457 e. The average Bonchev–Trinajstić information content (AvgIpc) is 3.89. The van der Waals surface area contributed by atoms with Gasteiger partial charge in [0.25, 0.3) is 0 Å². The molecule has 234 valence electrons. The van der Waals surface area contributed by atoms with E-state index in [1.165, 1.54) is 0 Å². The van der Waals surface area contributed by atoms with Gasteiger partial charge in [0.05, 0.1) is 22.3 Å². The van der Waals surface area contributed by atoms with Crippen LogP contribution in [0.5, 0.6) is 11.5 Å². The van der Waals surface area contributed by atoms with Crippen molar-refractivity contribution < 1.29 is 4.74 Å². The van der Waals surface area contributed by atoms with Gasteiger partial charge in [-0.15, -0.1) is 0 Å². The molecule has 0 N–H and O–H groups in total. The summed E-state index contributed by atoms with van der Waals surface area (Å²) in [6.45, 7) is 2.08. The molecule has 0 aliphatic rings. The highest BCUT2D eigenvalue weighted by Gasteiger charge is 2.24. The van der Waals surface area contributed by atoms with Gasteiger partial charge in [0.2, 0.25) is 0 Å². The first-order valence-corrected chi connectivity index (χ1v) is 16.0. The van der Waals surface area contributed by atoms with E-state index < -0.39 is 0 Å². The van der Waals surface area contributed by atoms with Crippen molar-refractivity contribution in [1.29, 1.82) is 0 Å². The molecule has 4 aromatic carbocycles. The van der Waals surface area contributed by atoms with Crippen molar-refractivity contribution in [2.24, 2.45) is 0 Å². The molecule has 8 nitrogen and oxygen atoms in total. The second-order valence-electron chi connectivity index (χ2n) is 11.8. The molecular weight excluding hydrogens is 606 g/mol. The molecule has 0 radical (unpaired) electrons. The van der Waals surface area contributed by atoms with Crippen molar-refractivity contribution in [3.05, 3.63) is 164 Å². The topological polar surface area (TPSA) is 75.6 Å². The lowest BCUT2D eigenvalue weighted by atomic mass is 10.0. The van der Waals surface area contributed by atoms with E-state index >= 15 is 0 Å². The first-order chi connectivity index (χ1) is 24.2. The number of nitrogens with zero attached hydrogens (tertiary/aromatic N) is 7. The number of hydrogen-bond donors (Lipinski definition) is 0. The Kier molecular flexibility index (Phi) is 6.83. The van der Waals surface area contributed by atoms with Crippen LogP contribution in [-0.2, 0) is 0 Å². The van der Waals surface area contributed by atoms with E-state index in [1.54, 1.807) is 12.4 Å².